The van der Waals surface area contributed by atoms with Gasteiger partial charge in [0.05, 0.1) is 11.5 Å². The van der Waals surface area contributed by atoms with Crippen LogP contribution in [0.5, 0.6) is 0 Å². The standard InChI is InChI=1S/C13H23NO4/c1-9(6-10(2)15)8-14-11(16)7-13(12(17)18)4-3-5-13/h9-10,15H,3-8H2,1-2H3,(H,14,16)(H,17,18). The first-order valence-corrected chi connectivity index (χ1v) is 6.54. The highest BCUT2D eigenvalue weighted by molar-refractivity contribution is 5.85. The number of carbonyl (C=O) groups excluding carboxylic acids is 1. The maximum absolute atomic E-state index is 11.7. The molecule has 1 aliphatic rings. The molecule has 1 aliphatic carbocycles. The average molecular weight is 257 g/mol. The maximum Gasteiger partial charge on any atom is 0.310 e. The molecule has 0 saturated heterocycles. The van der Waals surface area contributed by atoms with Crippen LogP contribution in [0, 0.1) is 11.3 Å². The maximum atomic E-state index is 11.7. The number of aliphatic hydroxyl groups is 1. The molecule has 0 radical (unpaired) electrons. The molecule has 5 heteroatoms. The third-order valence-corrected chi connectivity index (χ3v) is 3.65. The Morgan fingerprint density at radius 1 is 1.33 bits per heavy atom. The fraction of sp³-hybridized carbons (Fsp3) is 0.846. The Morgan fingerprint density at radius 3 is 2.33 bits per heavy atom. The lowest BCUT2D eigenvalue weighted by molar-refractivity contribution is -0.157. The smallest absolute Gasteiger partial charge is 0.310 e. The Kier molecular flexibility index (Phi) is 5.14. The van der Waals surface area contributed by atoms with Crippen LogP contribution in [0.15, 0.2) is 0 Å². The molecule has 3 N–H and O–H groups in total. The van der Waals surface area contributed by atoms with Crippen LogP contribution in [0.25, 0.3) is 0 Å². The number of aliphatic hydroxyl groups excluding tert-OH is 1. The fourth-order valence-electron chi connectivity index (χ4n) is 2.39. The van der Waals surface area contributed by atoms with Crippen molar-refractivity contribution in [3.8, 4) is 0 Å². The molecule has 18 heavy (non-hydrogen) atoms. The van der Waals surface area contributed by atoms with Crippen molar-refractivity contribution in [2.24, 2.45) is 11.3 Å². The van der Waals surface area contributed by atoms with Crippen LogP contribution in [0.1, 0.15) is 46.0 Å². The highest BCUT2D eigenvalue weighted by Crippen LogP contribution is 2.44. The molecule has 5 nitrogen and oxygen atoms in total. The first-order valence-electron chi connectivity index (χ1n) is 6.54. The largest absolute Gasteiger partial charge is 0.481 e. The number of carbonyl (C=O) groups is 2. The first kappa shape index (κ1) is 15.0. The van der Waals surface area contributed by atoms with Gasteiger partial charge in [-0.15, -0.1) is 0 Å². The van der Waals surface area contributed by atoms with Crippen LogP contribution in [0.4, 0.5) is 0 Å². The number of carboxylic acids is 1. The van der Waals surface area contributed by atoms with Gasteiger partial charge < -0.3 is 15.5 Å². The summed E-state index contributed by atoms with van der Waals surface area (Å²) in [6, 6.07) is 0. The van der Waals surface area contributed by atoms with Crippen LogP contribution in [0.3, 0.4) is 0 Å². The minimum atomic E-state index is -0.860. The van der Waals surface area contributed by atoms with E-state index in [0.29, 0.717) is 25.8 Å². The van der Waals surface area contributed by atoms with E-state index in [1.54, 1.807) is 6.92 Å². The number of carboxylic acid groups (broad SMARTS) is 1. The van der Waals surface area contributed by atoms with Gasteiger partial charge >= 0.3 is 5.97 Å². The average Bonchev–Trinajstić information content (AvgIpc) is 2.19. The zero-order valence-electron chi connectivity index (χ0n) is 11.1. The first-order chi connectivity index (χ1) is 8.35. The van der Waals surface area contributed by atoms with E-state index in [1.165, 1.54) is 0 Å². The van der Waals surface area contributed by atoms with Gasteiger partial charge in [0.25, 0.3) is 0 Å². The third kappa shape index (κ3) is 3.98. The van der Waals surface area contributed by atoms with E-state index in [0.717, 1.165) is 6.42 Å². The molecule has 0 bridgehead atoms. The van der Waals surface area contributed by atoms with Crippen LogP contribution < -0.4 is 5.32 Å². The van der Waals surface area contributed by atoms with E-state index in [4.69, 9.17) is 5.11 Å². The van der Waals surface area contributed by atoms with Gasteiger partial charge in [0.1, 0.15) is 0 Å². The number of hydrogen-bond donors (Lipinski definition) is 3. The highest BCUT2D eigenvalue weighted by Gasteiger charge is 2.45. The molecule has 0 aromatic heterocycles. The van der Waals surface area contributed by atoms with Gasteiger partial charge in [-0.05, 0) is 32.1 Å². The summed E-state index contributed by atoms with van der Waals surface area (Å²) in [6.07, 6.45) is 2.40. The normalized spacial score (nSPS) is 20.6. The second-order valence-corrected chi connectivity index (χ2v) is 5.61. The zero-order chi connectivity index (χ0) is 13.8. The number of hydrogen-bond acceptors (Lipinski definition) is 3. The van der Waals surface area contributed by atoms with Crippen molar-refractivity contribution in [1.82, 2.24) is 5.32 Å². The zero-order valence-corrected chi connectivity index (χ0v) is 11.1. The number of aliphatic carboxylic acids is 1. The highest BCUT2D eigenvalue weighted by atomic mass is 16.4. The van der Waals surface area contributed by atoms with Gasteiger partial charge in [0, 0.05) is 13.0 Å². The molecule has 2 atom stereocenters. The molecule has 0 heterocycles. The summed E-state index contributed by atoms with van der Waals surface area (Å²) in [5.74, 6) is -0.869. The van der Waals surface area contributed by atoms with Crippen molar-refractivity contribution in [2.75, 3.05) is 6.54 Å². The van der Waals surface area contributed by atoms with Gasteiger partial charge in [-0.3, -0.25) is 9.59 Å². The Balaban J connectivity index is 2.31. The molecular formula is C13H23NO4. The summed E-state index contributed by atoms with van der Waals surface area (Å²) >= 11 is 0. The summed E-state index contributed by atoms with van der Waals surface area (Å²) in [6.45, 7) is 4.15. The minimum Gasteiger partial charge on any atom is -0.481 e. The third-order valence-electron chi connectivity index (χ3n) is 3.65. The minimum absolute atomic E-state index is 0.0731. The second-order valence-electron chi connectivity index (χ2n) is 5.61. The lowest BCUT2D eigenvalue weighted by atomic mass is 9.66. The van der Waals surface area contributed by atoms with E-state index >= 15 is 0 Å². The second kappa shape index (κ2) is 6.18. The number of nitrogens with one attached hydrogen (secondary N) is 1. The molecule has 1 fully saturated rings. The van der Waals surface area contributed by atoms with Gasteiger partial charge in [0.15, 0.2) is 0 Å². The summed E-state index contributed by atoms with van der Waals surface area (Å²) in [5, 5.41) is 21.1. The molecule has 0 aromatic carbocycles. The van der Waals surface area contributed by atoms with Gasteiger partial charge in [0.2, 0.25) is 5.91 Å². The predicted octanol–water partition coefficient (Wildman–Crippen LogP) is 1.15. The van der Waals surface area contributed by atoms with Crippen molar-refractivity contribution in [3.63, 3.8) is 0 Å². The fourth-order valence-corrected chi connectivity index (χ4v) is 2.39. The van der Waals surface area contributed by atoms with Crippen LogP contribution in [-0.2, 0) is 9.59 Å². The topological polar surface area (TPSA) is 86.6 Å². The molecule has 2 unspecified atom stereocenters. The van der Waals surface area contributed by atoms with E-state index < -0.39 is 11.4 Å². The van der Waals surface area contributed by atoms with E-state index in [9.17, 15) is 14.7 Å². The molecule has 1 amide bonds. The van der Waals surface area contributed by atoms with Crippen molar-refractivity contribution in [2.45, 2.75) is 52.1 Å². The Morgan fingerprint density at radius 2 is 1.94 bits per heavy atom. The van der Waals surface area contributed by atoms with E-state index in [-0.39, 0.29) is 24.3 Å². The van der Waals surface area contributed by atoms with Crippen molar-refractivity contribution in [1.29, 1.82) is 0 Å². The van der Waals surface area contributed by atoms with Gasteiger partial charge in [-0.2, -0.15) is 0 Å². The summed E-state index contributed by atoms with van der Waals surface area (Å²) in [5.41, 5.74) is -0.822. The molecule has 1 rings (SSSR count). The number of amides is 1. The van der Waals surface area contributed by atoms with Crippen molar-refractivity contribution in [3.05, 3.63) is 0 Å². The van der Waals surface area contributed by atoms with Gasteiger partial charge in [-0.25, -0.2) is 0 Å². The molecule has 104 valence electrons. The lowest BCUT2D eigenvalue weighted by Gasteiger charge is -2.37. The Bertz CT molecular complexity index is 310. The Labute approximate surface area is 108 Å². The SMILES string of the molecule is CC(O)CC(C)CNC(=O)CC1(C(=O)O)CCC1. The number of rotatable bonds is 7. The predicted molar refractivity (Wildman–Crippen MR) is 67.0 cm³/mol. The molecule has 0 aromatic rings. The molecule has 1 saturated carbocycles. The van der Waals surface area contributed by atoms with Crippen LogP contribution >= 0.6 is 0 Å². The monoisotopic (exact) mass is 257 g/mol. The van der Waals surface area contributed by atoms with Crippen LogP contribution in [0.2, 0.25) is 0 Å². The Hall–Kier alpha value is -1.10. The van der Waals surface area contributed by atoms with Gasteiger partial charge in [-0.1, -0.05) is 13.3 Å². The summed E-state index contributed by atoms with van der Waals surface area (Å²) in [7, 11) is 0. The summed E-state index contributed by atoms with van der Waals surface area (Å²) < 4.78 is 0. The summed E-state index contributed by atoms with van der Waals surface area (Å²) in [4.78, 5) is 22.8. The van der Waals surface area contributed by atoms with E-state index in [1.807, 2.05) is 6.92 Å². The lowest BCUT2D eigenvalue weighted by Crippen LogP contribution is -2.43. The van der Waals surface area contributed by atoms with Crippen molar-refractivity contribution >= 4 is 11.9 Å². The van der Waals surface area contributed by atoms with Crippen LogP contribution in [-0.4, -0.2) is 34.7 Å². The molecular weight excluding hydrogens is 234 g/mol. The quantitative estimate of drug-likeness (QED) is 0.638. The molecule has 0 aliphatic heterocycles. The van der Waals surface area contributed by atoms with Crippen molar-refractivity contribution < 1.29 is 19.8 Å². The molecule has 0 spiro atoms. The van der Waals surface area contributed by atoms with E-state index in [2.05, 4.69) is 5.32 Å².